The van der Waals surface area contributed by atoms with Crippen molar-refractivity contribution in [3.8, 4) is 0 Å². The van der Waals surface area contributed by atoms with Crippen molar-refractivity contribution in [1.29, 1.82) is 0 Å². The minimum atomic E-state index is -0.917. The molecule has 1 fully saturated rings. The second-order valence-corrected chi connectivity index (χ2v) is 9.78. The van der Waals surface area contributed by atoms with E-state index in [1.54, 1.807) is 12.1 Å². The average molecular weight is 506 g/mol. The van der Waals surface area contributed by atoms with Crippen molar-refractivity contribution in [2.24, 2.45) is 0 Å². The van der Waals surface area contributed by atoms with Gasteiger partial charge in [0.2, 0.25) is 11.8 Å². The Morgan fingerprint density at radius 2 is 1.83 bits per heavy atom. The molecule has 0 unspecified atom stereocenters. The maximum atomic E-state index is 13.8. The van der Waals surface area contributed by atoms with E-state index in [0.717, 1.165) is 24.0 Å². The molecule has 4 rings (SSSR count). The Morgan fingerprint density at radius 1 is 1.03 bits per heavy atom. The van der Waals surface area contributed by atoms with Crippen molar-refractivity contribution < 1.29 is 19.1 Å². The fourth-order valence-corrected chi connectivity index (χ4v) is 4.96. The van der Waals surface area contributed by atoms with Crippen LogP contribution in [0.25, 0.3) is 0 Å². The second-order valence-electron chi connectivity index (χ2n) is 8.84. The van der Waals surface area contributed by atoms with E-state index in [0.29, 0.717) is 29.3 Å². The lowest BCUT2D eigenvalue weighted by molar-refractivity contribution is -0.126. The number of carbonyl (C=O) groups is 3. The van der Waals surface area contributed by atoms with Crippen molar-refractivity contribution >= 4 is 34.7 Å². The summed E-state index contributed by atoms with van der Waals surface area (Å²) in [5.41, 5.74) is 3.20. The number of ether oxygens (including phenoxy) is 1. The number of nitrogens with one attached hydrogen (secondary N) is 2. The molecule has 0 bridgehead atoms. The Hall–Kier alpha value is -3.49. The number of thiophene rings is 1. The molecule has 2 atom stereocenters. The van der Waals surface area contributed by atoms with E-state index in [2.05, 4.69) is 10.6 Å². The Balaban J connectivity index is 1.67. The summed E-state index contributed by atoms with van der Waals surface area (Å²) in [6.07, 6.45) is 1.84. The Morgan fingerprint density at radius 3 is 2.53 bits per heavy atom. The lowest BCUT2D eigenvalue weighted by atomic mass is 10.00. The van der Waals surface area contributed by atoms with Crippen LogP contribution >= 0.6 is 11.3 Å². The van der Waals surface area contributed by atoms with Gasteiger partial charge in [0.25, 0.3) is 5.91 Å². The smallest absolute Gasteiger partial charge is 0.261 e. The lowest BCUT2D eigenvalue weighted by Gasteiger charge is -2.33. The highest BCUT2D eigenvalue weighted by Crippen LogP contribution is 2.32. The van der Waals surface area contributed by atoms with E-state index in [1.807, 2.05) is 67.8 Å². The Labute approximate surface area is 215 Å². The van der Waals surface area contributed by atoms with Crippen molar-refractivity contribution in [3.63, 3.8) is 0 Å². The minimum absolute atomic E-state index is 0.0275. The average Bonchev–Trinajstić information content (AvgIpc) is 3.61. The van der Waals surface area contributed by atoms with Crippen LogP contribution in [0.3, 0.4) is 0 Å². The molecular formula is C28H31N3O4S. The largest absolute Gasteiger partial charge is 0.376 e. The summed E-state index contributed by atoms with van der Waals surface area (Å²) in [5.74, 6) is -0.997. The zero-order valence-electron chi connectivity index (χ0n) is 20.5. The van der Waals surface area contributed by atoms with Crippen LogP contribution < -0.4 is 15.5 Å². The molecule has 2 N–H and O–H groups in total. The number of nitrogens with zero attached hydrogens (tertiary/aromatic N) is 1. The van der Waals surface area contributed by atoms with Gasteiger partial charge in [-0.05, 0) is 60.9 Å². The first-order valence-electron chi connectivity index (χ1n) is 12.1. The predicted molar refractivity (Wildman–Crippen MR) is 141 cm³/mol. The van der Waals surface area contributed by atoms with E-state index >= 15 is 0 Å². The summed E-state index contributed by atoms with van der Waals surface area (Å²) in [5, 5.41) is 7.53. The molecule has 2 heterocycles. The van der Waals surface area contributed by atoms with Crippen LogP contribution in [-0.4, -0.2) is 43.5 Å². The SMILES string of the molecule is Cc1cccc(N(C(=O)CNC(=O)c2cccs2)[C@H](C(=O)NC[C@H]2CCCO2)c2ccccc2)c1C. The number of anilines is 1. The van der Waals surface area contributed by atoms with Gasteiger partial charge in [-0.15, -0.1) is 11.3 Å². The summed E-state index contributed by atoms with van der Waals surface area (Å²) in [7, 11) is 0. The molecule has 0 saturated carbocycles. The first-order valence-corrected chi connectivity index (χ1v) is 13.0. The van der Waals surface area contributed by atoms with Gasteiger partial charge in [0.05, 0.1) is 17.5 Å². The van der Waals surface area contributed by atoms with Gasteiger partial charge in [0.1, 0.15) is 6.04 Å². The minimum Gasteiger partial charge on any atom is -0.376 e. The molecule has 0 radical (unpaired) electrons. The van der Waals surface area contributed by atoms with Crippen LogP contribution in [0.5, 0.6) is 0 Å². The molecule has 1 aromatic heterocycles. The van der Waals surface area contributed by atoms with E-state index in [1.165, 1.54) is 16.2 Å². The summed E-state index contributed by atoms with van der Waals surface area (Å²) >= 11 is 1.31. The Bertz CT molecular complexity index is 1190. The van der Waals surface area contributed by atoms with Gasteiger partial charge in [-0.2, -0.15) is 0 Å². The van der Waals surface area contributed by atoms with Crippen LogP contribution in [0.1, 0.15) is 45.2 Å². The van der Waals surface area contributed by atoms with Gasteiger partial charge in [-0.1, -0.05) is 48.5 Å². The van der Waals surface area contributed by atoms with Gasteiger partial charge < -0.3 is 15.4 Å². The van der Waals surface area contributed by atoms with Gasteiger partial charge >= 0.3 is 0 Å². The summed E-state index contributed by atoms with van der Waals surface area (Å²) in [4.78, 5) is 42.0. The summed E-state index contributed by atoms with van der Waals surface area (Å²) in [6.45, 7) is 4.73. The van der Waals surface area contributed by atoms with E-state index < -0.39 is 6.04 Å². The number of benzene rings is 2. The van der Waals surface area contributed by atoms with Crippen LogP contribution in [0, 0.1) is 13.8 Å². The Kier molecular flexibility index (Phi) is 8.51. The highest BCUT2D eigenvalue weighted by atomic mass is 32.1. The molecule has 3 aromatic rings. The molecule has 0 aliphatic carbocycles. The standard InChI is InChI=1S/C28H31N3O4S/c1-19-9-6-13-23(20(19)2)31(25(32)18-30-27(33)24-14-8-16-36-24)26(21-10-4-3-5-11-21)28(34)29-17-22-12-7-15-35-22/h3-6,8-11,13-14,16,22,26H,7,12,15,17-18H2,1-2H3,(H,29,34)(H,30,33)/t22-,26+/m1/s1. The zero-order valence-corrected chi connectivity index (χ0v) is 21.3. The quantitative estimate of drug-likeness (QED) is 0.457. The normalized spacial score (nSPS) is 15.8. The topological polar surface area (TPSA) is 87.7 Å². The van der Waals surface area contributed by atoms with Crippen LogP contribution in [0.2, 0.25) is 0 Å². The third-order valence-electron chi connectivity index (χ3n) is 6.40. The molecule has 3 amide bonds. The first kappa shape index (κ1) is 25.6. The third-order valence-corrected chi connectivity index (χ3v) is 7.27. The van der Waals surface area contributed by atoms with E-state index in [-0.39, 0.29) is 30.4 Å². The maximum absolute atomic E-state index is 13.8. The molecule has 1 aliphatic heterocycles. The fourth-order valence-electron chi connectivity index (χ4n) is 4.32. The molecule has 1 saturated heterocycles. The molecule has 7 nitrogen and oxygen atoms in total. The van der Waals surface area contributed by atoms with Crippen molar-refractivity contribution in [2.45, 2.75) is 38.8 Å². The summed E-state index contributed by atoms with van der Waals surface area (Å²) < 4.78 is 5.67. The van der Waals surface area contributed by atoms with Crippen molar-refractivity contribution in [2.75, 3.05) is 24.6 Å². The molecular weight excluding hydrogens is 474 g/mol. The highest BCUT2D eigenvalue weighted by molar-refractivity contribution is 7.12. The first-order chi connectivity index (χ1) is 17.5. The molecule has 8 heteroatoms. The summed E-state index contributed by atoms with van der Waals surface area (Å²) in [6, 6.07) is 17.5. The molecule has 1 aliphatic rings. The van der Waals surface area contributed by atoms with Crippen molar-refractivity contribution in [3.05, 3.63) is 87.6 Å². The predicted octanol–water partition coefficient (Wildman–Crippen LogP) is 4.16. The number of amides is 3. The monoisotopic (exact) mass is 505 g/mol. The van der Waals surface area contributed by atoms with Gasteiger partial charge in [0.15, 0.2) is 0 Å². The number of aryl methyl sites for hydroxylation is 1. The number of hydrogen-bond acceptors (Lipinski definition) is 5. The molecule has 188 valence electrons. The number of hydrogen-bond donors (Lipinski definition) is 2. The van der Waals surface area contributed by atoms with E-state index in [9.17, 15) is 14.4 Å². The molecule has 2 aromatic carbocycles. The van der Waals surface area contributed by atoms with Gasteiger partial charge in [-0.25, -0.2) is 0 Å². The number of carbonyl (C=O) groups excluding carboxylic acids is 3. The number of rotatable bonds is 9. The van der Waals surface area contributed by atoms with Crippen LogP contribution in [0.15, 0.2) is 66.0 Å². The molecule has 0 spiro atoms. The van der Waals surface area contributed by atoms with Gasteiger partial charge in [0, 0.05) is 18.8 Å². The van der Waals surface area contributed by atoms with Crippen LogP contribution in [0.4, 0.5) is 5.69 Å². The molecule has 36 heavy (non-hydrogen) atoms. The van der Waals surface area contributed by atoms with Gasteiger partial charge in [-0.3, -0.25) is 19.3 Å². The lowest BCUT2D eigenvalue weighted by Crippen LogP contribution is -2.48. The fraction of sp³-hybridized carbons (Fsp3) is 0.321. The maximum Gasteiger partial charge on any atom is 0.261 e. The van der Waals surface area contributed by atoms with E-state index in [4.69, 9.17) is 4.74 Å². The van der Waals surface area contributed by atoms with Crippen molar-refractivity contribution in [1.82, 2.24) is 10.6 Å². The highest BCUT2D eigenvalue weighted by Gasteiger charge is 2.34. The second kappa shape index (κ2) is 12.0. The third kappa shape index (κ3) is 6.01. The van der Waals surface area contributed by atoms with Crippen LogP contribution in [-0.2, 0) is 14.3 Å². The zero-order chi connectivity index (χ0) is 25.5.